The topological polar surface area (TPSA) is 38.8 Å². The van der Waals surface area contributed by atoms with Gasteiger partial charge in [0.15, 0.2) is 17.3 Å². The van der Waals surface area contributed by atoms with Crippen LogP contribution in [0.5, 0.6) is 11.5 Å². The molecule has 0 aliphatic rings. The number of hydrogen-bond donors (Lipinski definition) is 0. The van der Waals surface area contributed by atoms with Gasteiger partial charge in [0.2, 0.25) is 0 Å². The summed E-state index contributed by atoms with van der Waals surface area (Å²) >= 11 is 0. The van der Waals surface area contributed by atoms with Crippen LogP contribution in [0.15, 0.2) is 24.3 Å². The van der Waals surface area contributed by atoms with Gasteiger partial charge in [0, 0.05) is 13.0 Å². The van der Waals surface area contributed by atoms with Crippen LogP contribution in [0.25, 0.3) is 6.08 Å². The van der Waals surface area contributed by atoms with Gasteiger partial charge in [-0.15, -0.1) is 0 Å². The van der Waals surface area contributed by atoms with Crippen molar-refractivity contribution in [2.24, 2.45) is 0 Å². The second-order valence-electron chi connectivity index (χ2n) is 4.93. The molecule has 0 atom stereocenters. The highest BCUT2D eigenvalue weighted by atomic mass is 16.5. The molecule has 0 aliphatic heterocycles. The summed E-state index contributed by atoms with van der Waals surface area (Å²) in [6.45, 7) is 5.81. The average Bonchev–Trinajstić information content (AvgIpc) is 2.45. The van der Waals surface area contributed by atoms with Gasteiger partial charge in [-0.05, 0) is 51.7 Å². The molecule has 0 aliphatic carbocycles. The summed E-state index contributed by atoms with van der Waals surface area (Å²) in [6.07, 6.45) is 3.96. The molecule has 0 fully saturated rings. The zero-order valence-corrected chi connectivity index (χ0v) is 13.4. The first-order valence-corrected chi connectivity index (χ1v) is 7.32. The largest absolute Gasteiger partial charge is 0.490 e. The SMILES string of the molecule is CCOc1ccc(C=CC(=O)CCN(C)C)cc1OCC. The third-order valence-corrected chi connectivity index (χ3v) is 2.83. The minimum absolute atomic E-state index is 0.121. The molecule has 0 saturated carbocycles. The summed E-state index contributed by atoms with van der Waals surface area (Å²) in [5.41, 5.74) is 0.931. The van der Waals surface area contributed by atoms with Gasteiger partial charge in [-0.25, -0.2) is 0 Å². The average molecular weight is 291 g/mol. The molecule has 116 valence electrons. The van der Waals surface area contributed by atoms with E-state index in [1.165, 1.54) is 0 Å². The monoisotopic (exact) mass is 291 g/mol. The Morgan fingerprint density at radius 3 is 2.43 bits per heavy atom. The molecule has 0 saturated heterocycles. The molecule has 1 rings (SSSR count). The molecular formula is C17H25NO3. The summed E-state index contributed by atoms with van der Waals surface area (Å²) in [5, 5.41) is 0. The van der Waals surface area contributed by atoms with E-state index in [9.17, 15) is 4.79 Å². The van der Waals surface area contributed by atoms with Gasteiger partial charge in [0.1, 0.15) is 0 Å². The Morgan fingerprint density at radius 2 is 1.81 bits per heavy atom. The van der Waals surface area contributed by atoms with Crippen molar-refractivity contribution in [2.75, 3.05) is 33.9 Å². The van der Waals surface area contributed by atoms with E-state index in [1.54, 1.807) is 6.08 Å². The minimum atomic E-state index is 0.121. The van der Waals surface area contributed by atoms with Crippen molar-refractivity contribution < 1.29 is 14.3 Å². The van der Waals surface area contributed by atoms with Crippen LogP contribution in [-0.4, -0.2) is 44.5 Å². The number of ether oxygens (including phenoxy) is 2. The van der Waals surface area contributed by atoms with Crippen LogP contribution in [0.2, 0.25) is 0 Å². The van der Waals surface area contributed by atoms with Crippen molar-refractivity contribution in [3.05, 3.63) is 29.8 Å². The number of nitrogens with zero attached hydrogens (tertiary/aromatic N) is 1. The van der Waals surface area contributed by atoms with Crippen LogP contribution in [0.1, 0.15) is 25.8 Å². The van der Waals surface area contributed by atoms with Crippen LogP contribution in [-0.2, 0) is 4.79 Å². The fourth-order valence-electron chi connectivity index (χ4n) is 1.78. The van der Waals surface area contributed by atoms with Crippen molar-refractivity contribution in [1.82, 2.24) is 4.90 Å². The van der Waals surface area contributed by atoms with E-state index in [4.69, 9.17) is 9.47 Å². The second kappa shape index (κ2) is 9.19. The first kappa shape index (κ1) is 17.2. The fraction of sp³-hybridized carbons (Fsp3) is 0.471. The lowest BCUT2D eigenvalue weighted by Crippen LogP contribution is -2.15. The number of ketones is 1. The van der Waals surface area contributed by atoms with Crippen LogP contribution in [0.3, 0.4) is 0 Å². The minimum Gasteiger partial charge on any atom is -0.490 e. The third-order valence-electron chi connectivity index (χ3n) is 2.83. The van der Waals surface area contributed by atoms with E-state index in [0.717, 1.165) is 17.9 Å². The van der Waals surface area contributed by atoms with E-state index in [0.29, 0.717) is 25.4 Å². The number of benzene rings is 1. The highest BCUT2D eigenvalue weighted by Gasteiger charge is 2.05. The number of carbonyl (C=O) groups is 1. The fourth-order valence-corrected chi connectivity index (χ4v) is 1.78. The molecule has 0 unspecified atom stereocenters. The summed E-state index contributed by atoms with van der Waals surface area (Å²) in [7, 11) is 3.91. The molecule has 0 aromatic heterocycles. The highest BCUT2D eigenvalue weighted by molar-refractivity contribution is 5.93. The molecule has 0 bridgehead atoms. The smallest absolute Gasteiger partial charge is 0.161 e. The Morgan fingerprint density at radius 1 is 1.14 bits per heavy atom. The number of allylic oxidation sites excluding steroid dienone is 1. The Bertz CT molecular complexity index is 481. The molecule has 1 aromatic carbocycles. The van der Waals surface area contributed by atoms with Crippen LogP contribution in [0.4, 0.5) is 0 Å². The molecule has 0 radical (unpaired) electrons. The number of rotatable bonds is 9. The Balaban J connectivity index is 2.74. The molecule has 0 heterocycles. The first-order valence-electron chi connectivity index (χ1n) is 7.32. The zero-order valence-electron chi connectivity index (χ0n) is 13.4. The predicted octanol–water partition coefficient (Wildman–Crippen LogP) is 3.02. The van der Waals surface area contributed by atoms with Crippen molar-refractivity contribution in [3.63, 3.8) is 0 Å². The summed E-state index contributed by atoms with van der Waals surface area (Å²) in [4.78, 5) is 13.7. The molecule has 21 heavy (non-hydrogen) atoms. The summed E-state index contributed by atoms with van der Waals surface area (Å²) < 4.78 is 11.1. The molecule has 4 nitrogen and oxygen atoms in total. The maximum absolute atomic E-state index is 11.7. The quantitative estimate of drug-likeness (QED) is 0.656. The summed E-state index contributed by atoms with van der Waals surface area (Å²) in [5.74, 6) is 1.56. The maximum atomic E-state index is 11.7. The number of carbonyl (C=O) groups excluding carboxylic acids is 1. The molecule has 0 N–H and O–H groups in total. The molecular weight excluding hydrogens is 266 g/mol. The maximum Gasteiger partial charge on any atom is 0.161 e. The normalized spacial score (nSPS) is 11.1. The number of hydrogen-bond acceptors (Lipinski definition) is 4. The van der Waals surface area contributed by atoms with Gasteiger partial charge in [-0.3, -0.25) is 4.79 Å². The van der Waals surface area contributed by atoms with Crippen molar-refractivity contribution >= 4 is 11.9 Å². The first-order chi connectivity index (χ1) is 10.1. The highest BCUT2D eigenvalue weighted by Crippen LogP contribution is 2.28. The lowest BCUT2D eigenvalue weighted by molar-refractivity contribution is -0.114. The van der Waals surface area contributed by atoms with E-state index >= 15 is 0 Å². The van der Waals surface area contributed by atoms with E-state index in [1.807, 2.05) is 57.1 Å². The van der Waals surface area contributed by atoms with Gasteiger partial charge in [-0.1, -0.05) is 12.1 Å². The standard InChI is InChI=1S/C17H25NO3/c1-5-20-16-10-8-14(13-17(16)21-6-2)7-9-15(19)11-12-18(3)4/h7-10,13H,5-6,11-12H2,1-4H3. The van der Waals surface area contributed by atoms with E-state index < -0.39 is 0 Å². The van der Waals surface area contributed by atoms with E-state index in [2.05, 4.69) is 0 Å². The Labute approximate surface area is 127 Å². The van der Waals surface area contributed by atoms with E-state index in [-0.39, 0.29) is 5.78 Å². The van der Waals surface area contributed by atoms with Gasteiger partial charge in [0.05, 0.1) is 13.2 Å². The van der Waals surface area contributed by atoms with Crippen molar-refractivity contribution in [3.8, 4) is 11.5 Å². The zero-order chi connectivity index (χ0) is 15.7. The van der Waals surface area contributed by atoms with Gasteiger partial charge in [-0.2, -0.15) is 0 Å². The lowest BCUT2D eigenvalue weighted by atomic mass is 10.1. The Hall–Kier alpha value is -1.81. The van der Waals surface area contributed by atoms with Crippen molar-refractivity contribution in [2.45, 2.75) is 20.3 Å². The predicted molar refractivity (Wildman–Crippen MR) is 86.0 cm³/mol. The van der Waals surface area contributed by atoms with Crippen LogP contribution < -0.4 is 9.47 Å². The second-order valence-corrected chi connectivity index (χ2v) is 4.93. The molecule has 0 spiro atoms. The van der Waals surface area contributed by atoms with Gasteiger partial charge >= 0.3 is 0 Å². The lowest BCUT2D eigenvalue weighted by Gasteiger charge is -2.11. The third kappa shape index (κ3) is 6.45. The summed E-state index contributed by atoms with van der Waals surface area (Å²) in [6, 6.07) is 5.69. The Kier molecular flexibility index (Phi) is 7.54. The van der Waals surface area contributed by atoms with Crippen LogP contribution in [0, 0.1) is 0 Å². The van der Waals surface area contributed by atoms with Gasteiger partial charge < -0.3 is 14.4 Å². The van der Waals surface area contributed by atoms with Crippen molar-refractivity contribution in [1.29, 1.82) is 0 Å². The molecule has 0 amide bonds. The van der Waals surface area contributed by atoms with Gasteiger partial charge in [0.25, 0.3) is 0 Å². The van der Waals surface area contributed by atoms with Crippen LogP contribution >= 0.6 is 0 Å². The molecule has 1 aromatic rings. The molecule has 4 heteroatoms.